The van der Waals surface area contributed by atoms with Gasteiger partial charge in [-0.05, 0) is 32.4 Å². The van der Waals surface area contributed by atoms with Gasteiger partial charge < -0.3 is 15.2 Å². The molecule has 0 saturated carbocycles. The summed E-state index contributed by atoms with van der Waals surface area (Å²) in [5.41, 5.74) is 0.502. The van der Waals surface area contributed by atoms with Crippen LogP contribution in [0.15, 0.2) is 24.3 Å². The third-order valence-electron chi connectivity index (χ3n) is 3.80. The van der Waals surface area contributed by atoms with Crippen molar-refractivity contribution in [1.29, 1.82) is 0 Å². The van der Waals surface area contributed by atoms with E-state index in [0.717, 1.165) is 0 Å². The van der Waals surface area contributed by atoms with Gasteiger partial charge in [-0.3, -0.25) is 14.5 Å². The number of aliphatic carboxylic acids is 1. The fourth-order valence-corrected chi connectivity index (χ4v) is 2.46. The molecule has 2 amide bonds. The number of ether oxygens (including phenoxy) is 1. The average molecular weight is 320 g/mol. The lowest BCUT2D eigenvalue weighted by atomic mass is 10.1. The molecule has 1 aliphatic heterocycles. The highest BCUT2D eigenvalue weighted by molar-refractivity contribution is 6.05. The first-order chi connectivity index (χ1) is 10.9. The molecule has 0 aliphatic carbocycles. The van der Waals surface area contributed by atoms with E-state index in [2.05, 4.69) is 5.32 Å². The summed E-state index contributed by atoms with van der Waals surface area (Å²) in [7, 11) is 0. The van der Waals surface area contributed by atoms with E-state index in [-0.39, 0.29) is 12.3 Å². The van der Waals surface area contributed by atoms with E-state index in [9.17, 15) is 14.4 Å². The first-order valence-corrected chi connectivity index (χ1v) is 7.48. The Morgan fingerprint density at radius 3 is 2.65 bits per heavy atom. The molecule has 7 nitrogen and oxygen atoms in total. The van der Waals surface area contributed by atoms with Crippen molar-refractivity contribution in [3.8, 4) is 5.75 Å². The Hall–Kier alpha value is -2.57. The maximum atomic E-state index is 12.4. The smallest absolute Gasteiger partial charge is 0.326 e. The highest BCUT2D eigenvalue weighted by Crippen LogP contribution is 2.34. The SMILES string of the molecule is CCC(NC(=O)C(C)N1C(=O)C(C)Oc2ccccc21)C(=O)O. The zero-order valence-electron chi connectivity index (χ0n) is 13.3. The van der Waals surface area contributed by atoms with Gasteiger partial charge in [0.1, 0.15) is 17.8 Å². The topological polar surface area (TPSA) is 95.9 Å². The Morgan fingerprint density at radius 1 is 1.39 bits per heavy atom. The molecule has 124 valence electrons. The number of carbonyl (C=O) groups is 3. The Kier molecular flexibility index (Phi) is 4.88. The number of carbonyl (C=O) groups excluding carboxylic acids is 2. The highest BCUT2D eigenvalue weighted by Gasteiger charge is 2.37. The van der Waals surface area contributed by atoms with Gasteiger partial charge in [0.25, 0.3) is 5.91 Å². The monoisotopic (exact) mass is 320 g/mol. The Labute approximate surface area is 134 Å². The lowest BCUT2D eigenvalue weighted by Gasteiger charge is -2.36. The van der Waals surface area contributed by atoms with Gasteiger partial charge in [-0.1, -0.05) is 19.1 Å². The minimum atomic E-state index is -1.10. The second kappa shape index (κ2) is 6.68. The number of amides is 2. The number of nitrogens with zero attached hydrogens (tertiary/aromatic N) is 1. The summed E-state index contributed by atoms with van der Waals surface area (Å²) < 4.78 is 5.53. The lowest BCUT2D eigenvalue weighted by molar-refractivity contribution is -0.142. The molecule has 0 saturated heterocycles. The molecule has 23 heavy (non-hydrogen) atoms. The van der Waals surface area contributed by atoms with Crippen LogP contribution in [0.2, 0.25) is 0 Å². The number of fused-ring (bicyclic) bond motifs is 1. The van der Waals surface area contributed by atoms with Crippen LogP contribution in [0.1, 0.15) is 27.2 Å². The molecule has 1 heterocycles. The molecule has 3 unspecified atom stereocenters. The molecule has 1 aromatic carbocycles. The molecule has 0 fully saturated rings. The van der Waals surface area contributed by atoms with E-state index < -0.39 is 30.1 Å². The van der Waals surface area contributed by atoms with Crippen LogP contribution in [-0.2, 0) is 14.4 Å². The van der Waals surface area contributed by atoms with Crippen LogP contribution in [0.3, 0.4) is 0 Å². The molecule has 2 N–H and O–H groups in total. The van der Waals surface area contributed by atoms with Crippen LogP contribution in [0, 0.1) is 0 Å². The second-order valence-corrected chi connectivity index (χ2v) is 5.42. The van der Waals surface area contributed by atoms with Gasteiger partial charge in [-0.25, -0.2) is 4.79 Å². The van der Waals surface area contributed by atoms with Crippen LogP contribution < -0.4 is 15.0 Å². The minimum Gasteiger partial charge on any atom is -0.480 e. The number of anilines is 1. The van der Waals surface area contributed by atoms with Crippen molar-refractivity contribution in [3.05, 3.63) is 24.3 Å². The molecule has 0 aromatic heterocycles. The highest BCUT2D eigenvalue weighted by atomic mass is 16.5. The van der Waals surface area contributed by atoms with Gasteiger partial charge in [-0.2, -0.15) is 0 Å². The summed E-state index contributed by atoms with van der Waals surface area (Å²) in [5.74, 6) is -1.44. The normalized spacial score (nSPS) is 19.3. The van der Waals surface area contributed by atoms with Crippen LogP contribution in [0.5, 0.6) is 5.75 Å². The van der Waals surface area contributed by atoms with Crippen LogP contribution in [0.4, 0.5) is 5.69 Å². The van der Waals surface area contributed by atoms with E-state index in [4.69, 9.17) is 9.84 Å². The molecule has 0 bridgehead atoms. The Balaban J connectivity index is 2.27. The fraction of sp³-hybridized carbons (Fsp3) is 0.438. The van der Waals surface area contributed by atoms with E-state index in [1.165, 1.54) is 4.90 Å². The van der Waals surface area contributed by atoms with E-state index in [0.29, 0.717) is 11.4 Å². The summed E-state index contributed by atoms with van der Waals surface area (Å²) in [4.78, 5) is 37.2. The van der Waals surface area contributed by atoms with Crippen molar-refractivity contribution >= 4 is 23.5 Å². The molecule has 0 spiro atoms. The third-order valence-corrected chi connectivity index (χ3v) is 3.80. The number of carboxylic acids is 1. The summed E-state index contributed by atoms with van der Waals surface area (Å²) in [5, 5.41) is 11.5. The minimum absolute atomic E-state index is 0.262. The number of rotatable bonds is 5. The first kappa shape index (κ1) is 16.8. The zero-order valence-corrected chi connectivity index (χ0v) is 13.3. The second-order valence-electron chi connectivity index (χ2n) is 5.42. The van der Waals surface area contributed by atoms with Gasteiger partial charge in [0.05, 0.1) is 5.69 Å². The van der Waals surface area contributed by atoms with Crippen LogP contribution in [-0.4, -0.2) is 41.1 Å². The number of para-hydroxylation sites is 2. The van der Waals surface area contributed by atoms with Crippen molar-refractivity contribution in [2.45, 2.75) is 45.4 Å². The molecular weight excluding hydrogens is 300 g/mol. The van der Waals surface area contributed by atoms with Crippen molar-refractivity contribution < 1.29 is 24.2 Å². The molecule has 7 heteroatoms. The van der Waals surface area contributed by atoms with Crippen molar-refractivity contribution in [3.63, 3.8) is 0 Å². The summed E-state index contributed by atoms with van der Waals surface area (Å²) in [6.45, 7) is 4.85. The van der Waals surface area contributed by atoms with Gasteiger partial charge in [0, 0.05) is 0 Å². The molecular formula is C16H20N2O5. The fourth-order valence-electron chi connectivity index (χ4n) is 2.46. The maximum absolute atomic E-state index is 12.4. The molecule has 3 atom stereocenters. The standard InChI is InChI=1S/C16H20N2O5/c1-4-11(16(21)22)17-14(19)9(2)18-12-7-5-6-8-13(12)23-10(3)15(18)20/h5-11H,4H2,1-3H3,(H,17,19)(H,21,22). The van der Waals surface area contributed by atoms with Crippen molar-refractivity contribution in [1.82, 2.24) is 5.32 Å². The van der Waals surface area contributed by atoms with Gasteiger partial charge in [0.15, 0.2) is 6.10 Å². The van der Waals surface area contributed by atoms with Crippen LogP contribution >= 0.6 is 0 Å². The van der Waals surface area contributed by atoms with E-state index in [1.54, 1.807) is 45.0 Å². The zero-order chi connectivity index (χ0) is 17.1. The summed E-state index contributed by atoms with van der Waals surface area (Å²) >= 11 is 0. The molecule has 1 aromatic rings. The molecule has 2 rings (SSSR count). The Morgan fingerprint density at radius 2 is 2.04 bits per heavy atom. The molecule has 1 aliphatic rings. The maximum Gasteiger partial charge on any atom is 0.326 e. The number of carboxylic acid groups (broad SMARTS) is 1. The Bertz CT molecular complexity index is 631. The van der Waals surface area contributed by atoms with E-state index >= 15 is 0 Å². The van der Waals surface area contributed by atoms with Gasteiger partial charge >= 0.3 is 5.97 Å². The number of hydrogen-bond donors (Lipinski definition) is 2. The van der Waals surface area contributed by atoms with Crippen LogP contribution in [0.25, 0.3) is 0 Å². The lowest BCUT2D eigenvalue weighted by Crippen LogP contribution is -2.56. The predicted octanol–water partition coefficient (Wildman–Crippen LogP) is 1.17. The third kappa shape index (κ3) is 3.28. The quantitative estimate of drug-likeness (QED) is 0.849. The molecule has 0 radical (unpaired) electrons. The van der Waals surface area contributed by atoms with E-state index in [1.807, 2.05) is 0 Å². The first-order valence-electron chi connectivity index (χ1n) is 7.48. The average Bonchev–Trinajstić information content (AvgIpc) is 2.52. The largest absolute Gasteiger partial charge is 0.480 e. The number of benzene rings is 1. The van der Waals surface area contributed by atoms with Crippen molar-refractivity contribution in [2.75, 3.05) is 4.90 Å². The number of nitrogens with one attached hydrogen (secondary N) is 1. The van der Waals surface area contributed by atoms with Crippen molar-refractivity contribution in [2.24, 2.45) is 0 Å². The number of hydrogen-bond acceptors (Lipinski definition) is 4. The summed E-state index contributed by atoms with van der Waals surface area (Å²) in [6, 6.07) is 5.12. The van der Waals surface area contributed by atoms with Gasteiger partial charge in [-0.15, -0.1) is 0 Å². The summed E-state index contributed by atoms with van der Waals surface area (Å²) in [6.07, 6.45) is -0.445. The predicted molar refractivity (Wildman–Crippen MR) is 83.3 cm³/mol. The van der Waals surface area contributed by atoms with Gasteiger partial charge in [0.2, 0.25) is 5.91 Å².